The van der Waals surface area contributed by atoms with Crippen molar-refractivity contribution in [3.05, 3.63) is 52.5 Å². The van der Waals surface area contributed by atoms with Gasteiger partial charge in [0.05, 0.1) is 19.8 Å². The van der Waals surface area contributed by atoms with Gasteiger partial charge in [-0.3, -0.25) is 14.9 Å². The third-order valence-electron chi connectivity index (χ3n) is 5.85. The van der Waals surface area contributed by atoms with E-state index in [1.165, 1.54) is 20.6 Å². The largest absolute Gasteiger partial charge is 0.496 e. The minimum atomic E-state index is -0.572. The quantitative estimate of drug-likeness (QED) is 0.481. The van der Waals surface area contributed by atoms with Crippen molar-refractivity contribution in [1.82, 2.24) is 10.2 Å². The third-order valence-corrected chi connectivity index (χ3v) is 6.43. The van der Waals surface area contributed by atoms with Gasteiger partial charge in [0.2, 0.25) is 0 Å². The van der Waals surface area contributed by atoms with Crippen LogP contribution in [0.1, 0.15) is 48.0 Å². The molecule has 1 fully saturated rings. The number of carbonyl (C=O) groups excluding carboxylic acids is 2. The first-order chi connectivity index (χ1) is 16.8. The first kappa shape index (κ1) is 26.6. The fourth-order valence-corrected chi connectivity index (χ4v) is 4.61. The maximum absolute atomic E-state index is 13.1. The van der Waals surface area contributed by atoms with E-state index < -0.39 is 5.91 Å². The van der Waals surface area contributed by atoms with E-state index in [2.05, 4.69) is 5.32 Å². The van der Waals surface area contributed by atoms with Gasteiger partial charge in [-0.1, -0.05) is 36.9 Å². The second kappa shape index (κ2) is 12.6. The summed E-state index contributed by atoms with van der Waals surface area (Å²) in [6.45, 7) is 0.218. The number of benzene rings is 2. The molecule has 0 saturated heterocycles. The molecule has 0 heterocycles. The van der Waals surface area contributed by atoms with Gasteiger partial charge in [-0.05, 0) is 61.0 Å². The third kappa shape index (κ3) is 7.22. The van der Waals surface area contributed by atoms with Crippen molar-refractivity contribution in [3.63, 3.8) is 0 Å². The van der Waals surface area contributed by atoms with Crippen molar-refractivity contribution in [2.75, 3.05) is 20.8 Å². The van der Waals surface area contributed by atoms with Gasteiger partial charge < -0.3 is 24.8 Å². The van der Waals surface area contributed by atoms with E-state index in [4.69, 9.17) is 43.8 Å². The predicted octanol–water partition coefficient (Wildman–Crippen LogP) is 4.07. The van der Waals surface area contributed by atoms with Crippen LogP contribution in [0.25, 0.3) is 0 Å². The number of rotatable bonds is 9. The molecule has 1 aliphatic carbocycles. The topological polar surface area (TPSA) is 103 Å². The summed E-state index contributed by atoms with van der Waals surface area (Å²) in [5.41, 5.74) is 6.40. The number of hydrogen-bond donors (Lipinski definition) is 2. The minimum absolute atomic E-state index is 0.189. The molecule has 1 saturated carbocycles. The molecule has 0 aliphatic heterocycles. The Balaban J connectivity index is 1.81. The van der Waals surface area contributed by atoms with Gasteiger partial charge in [-0.2, -0.15) is 0 Å². The van der Waals surface area contributed by atoms with Gasteiger partial charge in [0.25, 0.3) is 11.8 Å². The molecule has 10 heteroatoms. The fourth-order valence-electron chi connectivity index (χ4n) is 4.13. The van der Waals surface area contributed by atoms with Crippen LogP contribution in [0.15, 0.2) is 36.4 Å². The van der Waals surface area contributed by atoms with Crippen LogP contribution >= 0.6 is 23.8 Å². The molecule has 8 nitrogen and oxygen atoms in total. The molecule has 3 N–H and O–H groups in total. The Labute approximate surface area is 215 Å². The Morgan fingerprint density at radius 3 is 2.40 bits per heavy atom. The SMILES string of the molecule is COc1cc(CN(C(=S)NC(=O)c2cc(Cl)ccc2OC)C2CCCCC2)ccc1OCC(N)=O. The zero-order valence-corrected chi connectivity index (χ0v) is 21.4. The van der Waals surface area contributed by atoms with Crippen molar-refractivity contribution < 1.29 is 23.8 Å². The molecule has 2 aromatic rings. The van der Waals surface area contributed by atoms with E-state index in [9.17, 15) is 9.59 Å². The predicted molar refractivity (Wildman–Crippen MR) is 138 cm³/mol. The number of thiocarbonyl (C=S) groups is 1. The summed E-state index contributed by atoms with van der Waals surface area (Å²) in [5, 5.41) is 3.62. The average Bonchev–Trinajstić information content (AvgIpc) is 2.86. The van der Waals surface area contributed by atoms with Crippen LogP contribution in [0.4, 0.5) is 0 Å². The van der Waals surface area contributed by atoms with Gasteiger partial charge in [0.1, 0.15) is 5.75 Å². The lowest BCUT2D eigenvalue weighted by Crippen LogP contribution is -2.48. The lowest BCUT2D eigenvalue weighted by atomic mass is 9.94. The molecule has 188 valence electrons. The Bertz CT molecular complexity index is 1080. The number of nitrogens with one attached hydrogen (secondary N) is 1. The van der Waals surface area contributed by atoms with Crippen LogP contribution < -0.4 is 25.3 Å². The van der Waals surface area contributed by atoms with Crippen molar-refractivity contribution in [2.45, 2.75) is 44.7 Å². The summed E-state index contributed by atoms with van der Waals surface area (Å²) in [6.07, 6.45) is 5.34. The van der Waals surface area contributed by atoms with E-state index in [1.807, 2.05) is 17.0 Å². The first-order valence-electron chi connectivity index (χ1n) is 11.4. The molecule has 1 aliphatic rings. The average molecular weight is 520 g/mol. The van der Waals surface area contributed by atoms with Crippen LogP contribution in [0, 0.1) is 0 Å². The number of nitrogens with two attached hydrogens (primary N) is 1. The van der Waals surface area contributed by atoms with Crippen LogP contribution in [0.5, 0.6) is 17.2 Å². The monoisotopic (exact) mass is 519 g/mol. The zero-order chi connectivity index (χ0) is 25.4. The number of nitrogens with zero attached hydrogens (tertiary/aromatic N) is 1. The molecule has 0 spiro atoms. The maximum Gasteiger partial charge on any atom is 0.261 e. The van der Waals surface area contributed by atoms with E-state index in [0.717, 1.165) is 31.2 Å². The Morgan fingerprint density at radius 2 is 1.74 bits per heavy atom. The molecule has 0 aromatic heterocycles. The summed E-state index contributed by atoms with van der Waals surface area (Å²) < 4.78 is 16.2. The number of primary amides is 1. The highest BCUT2D eigenvalue weighted by molar-refractivity contribution is 7.80. The van der Waals surface area contributed by atoms with E-state index >= 15 is 0 Å². The number of halogens is 1. The highest BCUT2D eigenvalue weighted by Crippen LogP contribution is 2.30. The van der Waals surface area contributed by atoms with E-state index in [-0.39, 0.29) is 18.6 Å². The highest BCUT2D eigenvalue weighted by Gasteiger charge is 2.26. The van der Waals surface area contributed by atoms with Crippen LogP contribution in [0.3, 0.4) is 0 Å². The van der Waals surface area contributed by atoms with E-state index in [1.54, 1.807) is 24.3 Å². The summed E-state index contributed by atoms with van der Waals surface area (Å²) in [7, 11) is 3.02. The zero-order valence-electron chi connectivity index (χ0n) is 19.8. The summed E-state index contributed by atoms with van der Waals surface area (Å²) in [5.74, 6) is 0.351. The summed E-state index contributed by atoms with van der Waals surface area (Å²) >= 11 is 11.8. The van der Waals surface area contributed by atoms with Gasteiger partial charge in [-0.15, -0.1) is 0 Å². The van der Waals surface area contributed by atoms with Crippen LogP contribution in [0.2, 0.25) is 5.02 Å². The molecule has 0 atom stereocenters. The van der Waals surface area contributed by atoms with Gasteiger partial charge in [0.15, 0.2) is 23.2 Å². The number of carbonyl (C=O) groups is 2. The minimum Gasteiger partial charge on any atom is -0.496 e. The second-order valence-electron chi connectivity index (χ2n) is 8.26. The van der Waals surface area contributed by atoms with Crippen molar-refractivity contribution in [3.8, 4) is 17.2 Å². The van der Waals surface area contributed by atoms with E-state index in [0.29, 0.717) is 39.5 Å². The maximum atomic E-state index is 13.1. The molecule has 2 amide bonds. The van der Waals surface area contributed by atoms with Gasteiger partial charge >= 0.3 is 0 Å². The van der Waals surface area contributed by atoms with Crippen molar-refractivity contribution in [1.29, 1.82) is 0 Å². The summed E-state index contributed by atoms with van der Waals surface area (Å²) in [6, 6.07) is 10.5. The molecular weight excluding hydrogens is 490 g/mol. The Hall–Kier alpha value is -3.04. The number of hydrogen-bond acceptors (Lipinski definition) is 6. The molecule has 0 bridgehead atoms. The standard InChI is InChI=1S/C25H30ClN3O5S/c1-32-20-11-9-17(26)13-19(20)24(31)28-25(35)29(18-6-4-3-5-7-18)14-16-8-10-21(22(12-16)33-2)34-15-23(27)30/h8-13,18H,3-7,14-15H2,1-2H3,(H2,27,30)(H,28,31,35). The molecule has 3 rings (SSSR count). The first-order valence-corrected chi connectivity index (χ1v) is 12.1. The number of methoxy groups -OCH3 is 2. The molecule has 0 radical (unpaired) electrons. The van der Waals surface area contributed by atoms with Crippen LogP contribution in [-0.4, -0.2) is 48.7 Å². The number of amides is 2. The smallest absolute Gasteiger partial charge is 0.261 e. The highest BCUT2D eigenvalue weighted by atomic mass is 35.5. The lowest BCUT2D eigenvalue weighted by molar-refractivity contribution is -0.119. The molecule has 35 heavy (non-hydrogen) atoms. The van der Waals surface area contributed by atoms with Crippen molar-refractivity contribution >= 4 is 40.7 Å². The molecular formula is C25H30ClN3O5S. The second-order valence-corrected chi connectivity index (χ2v) is 9.09. The summed E-state index contributed by atoms with van der Waals surface area (Å²) in [4.78, 5) is 26.2. The number of ether oxygens (including phenoxy) is 3. The Kier molecular flexibility index (Phi) is 9.56. The fraction of sp³-hybridized carbons (Fsp3) is 0.400. The van der Waals surface area contributed by atoms with Crippen molar-refractivity contribution in [2.24, 2.45) is 5.73 Å². The molecule has 2 aromatic carbocycles. The van der Waals surface area contributed by atoms with Crippen LogP contribution in [-0.2, 0) is 11.3 Å². The Morgan fingerprint density at radius 1 is 1.06 bits per heavy atom. The normalized spacial score (nSPS) is 13.6. The van der Waals surface area contributed by atoms with Gasteiger partial charge in [0, 0.05) is 17.6 Å². The van der Waals surface area contributed by atoms with Gasteiger partial charge in [-0.25, -0.2) is 0 Å². The lowest BCUT2D eigenvalue weighted by Gasteiger charge is -2.36. The molecule has 0 unspecified atom stereocenters.